The van der Waals surface area contributed by atoms with Gasteiger partial charge in [-0.05, 0) is 25.5 Å². The largest absolute Gasteiger partial charge is 0.338 e. The van der Waals surface area contributed by atoms with E-state index in [4.69, 9.17) is 0 Å². The van der Waals surface area contributed by atoms with Crippen LogP contribution in [0, 0.1) is 10.1 Å². The van der Waals surface area contributed by atoms with E-state index in [1.54, 1.807) is 6.07 Å². The molecule has 0 atom stereocenters. The minimum absolute atomic E-state index is 0.0485. The molecule has 1 aliphatic heterocycles. The predicted molar refractivity (Wildman–Crippen MR) is 80.3 cm³/mol. The molecule has 3 N–H and O–H groups in total. The van der Waals surface area contributed by atoms with Gasteiger partial charge < -0.3 is 16.0 Å². The fourth-order valence-corrected chi connectivity index (χ4v) is 2.11. The summed E-state index contributed by atoms with van der Waals surface area (Å²) in [5.74, 6) is 0. The summed E-state index contributed by atoms with van der Waals surface area (Å²) in [6.07, 6.45) is 3.97. The topological polar surface area (TPSA) is 96.3 Å². The van der Waals surface area contributed by atoms with Gasteiger partial charge in [0, 0.05) is 30.9 Å². The number of nitrogens with one attached hydrogen (secondary N) is 3. The smallest absolute Gasteiger partial charge is 0.319 e. The maximum atomic E-state index is 11.7. The Morgan fingerprint density at radius 3 is 3.00 bits per heavy atom. The molecule has 1 aromatic rings. The number of nitro groups is 1. The summed E-state index contributed by atoms with van der Waals surface area (Å²) in [7, 11) is 0. The van der Waals surface area contributed by atoms with E-state index < -0.39 is 4.92 Å². The summed E-state index contributed by atoms with van der Waals surface area (Å²) in [5.41, 5.74) is 1.69. The summed E-state index contributed by atoms with van der Waals surface area (Å²) in [4.78, 5) is 21.9. The van der Waals surface area contributed by atoms with E-state index in [2.05, 4.69) is 22.0 Å². The Morgan fingerprint density at radius 2 is 2.29 bits per heavy atom. The van der Waals surface area contributed by atoms with Crippen LogP contribution in [0.1, 0.15) is 12.8 Å². The molecule has 1 aromatic carbocycles. The average molecular weight is 290 g/mol. The lowest BCUT2D eigenvalue weighted by Crippen LogP contribution is -2.30. The Morgan fingerprint density at radius 1 is 1.43 bits per heavy atom. The molecule has 112 valence electrons. The molecule has 0 saturated carbocycles. The van der Waals surface area contributed by atoms with Crippen molar-refractivity contribution in [1.82, 2.24) is 10.6 Å². The second-order valence-corrected chi connectivity index (χ2v) is 4.75. The lowest BCUT2D eigenvalue weighted by atomic mass is 10.1. The molecule has 2 amide bonds. The monoisotopic (exact) mass is 290 g/mol. The number of carbonyl (C=O) groups is 1. The summed E-state index contributed by atoms with van der Waals surface area (Å²) in [6.45, 7) is 2.41. The third-order valence-electron chi connectivity index (χ3n) is 3.20. The van der Waals surface area contributed by atoms with E-state index >= 15 is 0 Å². The Hall–Kier alpha value is -2.41. The highest BCUT2D eigenvalue weighted by Crippen LogP contribution is 2.16. The van der Waals surface area contributed by atoms with E-state index in [-0.39, 0.29) is 11.7 Å². The first-order chi connectivity index (χ1) is 10.1. The molecule has 21 heavy (non-hydrogen) atoms. The van der Waals surface area contributed by atoms with E-state index in [9.17, 15) is 14.9 Å². The number of nitrogens with zero attached hydrogens (tertiary/aromatic N) is 1. The maximum Gasteiger partial charge on any atom is 0.319 e. The second kappa shape index (κ2) is 7.39. The summed E-state index contributed by atoms with van der Waals surface area (Å²) < 4.78 is 0. The lowest BCUT2D eigenvalue weighted by Gasteiger charge is -2.14. The zero-order chi connectivity index (χ0) is 15.1. The molecular formula is C14H18N4O3. The van der Waals surface area contributed by atoms with Crippen LogP contribution in [-0.4, -0.2) is 30.6 Å². The molecular weight excluding hydrogens is 272 g/mol. The van der Waals surface area contributed by atoms with Crippen LogP contribution in [0.3, 0.4) is 0 Å². The van der Waals surface area contributed by atoms with Crippen LogP contribution < -0.4 is 16.0 Å². The Balaban J connectivity index is 1.77. The normalized spacial score (nSPS) is 14.2. The van der Waals surface area contributed by atoms with Crippen molar-refractivity contribution in [3.05, 3.63) is 46.0 Å². The first-order valence-electron chi connectivity index (χ1n) is 6.83. The highest BCUT2D eigenvalue weighted by atomic mass is 16.6. The number of hydrogen-bond donors (Lipinski definition) is 3. The van der Waals surface area contributed by atoms with Gasteiger partial charge in [0.05, 0.1) is 4.92 Å². The molecule has 7 heteroatoms. The molecule has 0 spiro atoms. The molecule has 7 nitrogen and oxygen atoms in total. The summed E-state index contributed by atoms with van der Waals surface area (Å²) >= 11 is 0. The van der Waals surface area contributed by atoms with Gasteiger partial charge in [-0.15, -0.1) is 0 Å². The molecule has 0 radical (unpaired) electrons. The van der Waals surface area contributed by atoms with Crippen molar-refractivity contribution in [3.63, 3.8) is 0 Å². The minimum Gasteiger partial charge on any atom is -0.338 e. The zero-order valence-corrected chi connectivity index (χ0v) is 11.6. The molecule has 0 saturated heterocycles. The molecule has 0 bridgehead atoms. The van der Waals surface area contributed by atoms with Gasteiger partial charge in [-0.25, -0.2) is 4.79 Å². The fourth-order valence-electron chi connectivity index (χ4n) is 2.11. The third kappa shape index (κ3) is 4.88. The van der Waals surface area contributed by atoms with Crippen molar-refractivity contribution >= 4 is 17.4 Å². The van der Waals surface area contributed by atoms with Gasteiger partial charge in [-0.2, -0.15) is 0 Å². The van der Waals surface area contributed by atoms with E-state index in [0.29, 0.717) is 12.2 Å². The molecule has 2 rings (SSSR count). The number of urea groups is 1. The van der Waals surface area contributed by atoms with Gasteiger partial charge in [0.15, 0.2) is 0 Å². The lowest BCUT2D eigenvalue weighted by molar-refractivity contribution is -0.384. The highest BCUT2D eigenvalue weighted by molar-refractivity contribution is 5.89. The summed E-state index contributed by atoms with van der Waals surface area (Å²) in [6, 6.07) is 5.50. The molecule has 0 fully saturated rings. The predicted octanol–water partition coefficient (Wildman–Crippen LogP) is 2.03. The quantitative estimate of drug-likeness (QED) is 0.439. The van der Waals surface area contributed by atoms with Crippen LogP contribution in [-0.2, 0) is 0 Å². The Bertz CT molecular complexity index is 557. The van der Waals surface area contributed by atoms with Crippen LogP contribution in [0.4, 0.5) is 16.2 Å². The van der Waals surface area contributed by atoms with Gasteiger partial charge >= 0.3 is 6.03 Å². The number of hydrogen-bond acceptors (Lipinski definition) is 4. The van der Waals surface area contributed by atoms with Crippen molar-refractivity contribution in [1.29, 1.82) is 0 Å². The maximum absolute atomic E-state index is 11.7. The molecule has 0 aromatic heterocycles. The molecule has 0 unspecified atom stereocenters. The number of nitro benzene ring substituents is 1. The molecule has 1 aliphatic rings. The van der Waals surface area contributed by atoms with Gasteiger partial charge in [-0.3, -0.25) is 10.1 Å². The number of amides is 2. The SMILES string of the molecule is O=C(NCCC1=CCNCC1)Nc1cccc([N+](=O)[O-])c1. The van der Waals surface area contributed by atoms with Crippen molar-refractivity contribution in [2.75, 3.05) is 25.0 Å². The van der Waals surface area contributed by atoms with Crippen molar-refractivity contribution < 1.29 is 9.72 Å². The number of non-ortho nitro benzene ring substituents is 1. The number of benzene rings is 1. The standard InChI is InChI=1S/C14H18N4O3/c19-14(16-9-6-11-4-7-15-8-5-11)17-12-2-1-3-13(10-12)18(20)21/h1-4,10,15H,5-9H2,(H2,16,17,19). The Kier molecular flexibility index (Phi) is 5.28. The minimum atomic E-state index is -0.493. The van der Waals surface area contributed by atoms with Crippen LogP contribution in [0.25, 0.3) is 0 Å². The average Bonchev–Trinajstić information content (AvgIpc) is 2.48. The van der Waals surface area contributed by atoms with E-state index in [1.807, 2.05) is 0 Å². The molecule has 1 heterocycles. The van der Waals surface area contributed by atoms with Gasteiger partial charge in [0.1, 0.15) is 0 Å². The van der Waals surface area contributed by atoms with Gasteiger partial charge in [-0.1, -0.05) is 17.7 Å². The molecule has 0 aliphatic carbocycles. The zero-order valence-electron chi connectivity index (χ0n) is 11.6. The number of carbonyl (C=O) groups excluding carboxylic acids is 1. The fraction of sp³-hybridized carbons (Fsp3) is 0.357. The van der Waals surface area contributed by atoms with Crippen molar-refractivity contribution in [2.45, 2.75) is 12.8 Å². The van der Waals surface area contributed by atoms with Gasteiger partial charge in [0.25, 0.3) is 5.69 Å². The van der Waals surface area contributed by atoms with Crippen LogP contribution in [0.2, 0.25) is 0 Å². The van der Waals surface area contributed by atoms with Crippen LogP contribution in [0.5, 0.6) is 0 Å². The third-order valence-corrected chi connectivity index (χ3v) is 3.20. The second-order valence-electron chi connectivity index (χ2n) is 4.75. The van der Waals surface area contributed by atoms with Gasteiger partial charge in [0.2, 0.25) is 0 Å². The van der Waals surface area contributed by atoms with Crippen LogP contribution >= 0.6 is 0 Å². The number of rotatable bonds is 5. The highest BCUT2D eigenvalue weighted by Gasteiger charge is 2.08. The first kappa shape index (κ1) is 15.0. The Labute approximate surface area is 122 Å². The van der Waals surface area contributed by atoms with E-state index in [1.165, 1.54) is 23.8 Å². The van der Waals surface area contributed by atoms with Crippen molar-refractivity contribution in [2.24, 2.45) is 0 Å². The van der Waals surface area contributed by atoms with Crippen LogP contribution in [0.15, 0.2) is 35.9 Å². The van der Waals surface area contributed by atoms with E-state index in [0.717, 1.165) is 25.9 Å². The van der Waals surface area contributed by atoms with Crippen molar-refractivity contribution in [3.8, 4) is 0 Å². The first-order valence-corrected chi connectivity index (χ1v) is 6.83. The summed E-state index contributed by atoms with van der Waals surface area (Å²) in [5, 5.41) is 19.2. The number of anilines is 1.